The largest absolute Gasteiger partial charge is 0.495 e. The van der Waals surface area contributed by atoms with Crippen LogP contribution in [-0.2, 0) is 20.7 Å². The van der Waals surface area contributed by atoms with Gasteiger partial charge in [0.2, 0.25) is 5.91 Å². The van der Waals surface area contributed by atoms with E-state index in [-0.39, 0.29) is 18.9 Å². The molecule has 0 bridgehead atoms. The number of hydrogen-bond acceptors (Lipinski definition) is 5. The van der Waals surface area contributed by atoms with Gasteiger partial charge in [-0.05, 0) is 29.8 Å². The summed E-state index contributed by atoms with van der Waals surface area (Å²) >= 11 is 6.10. The van der Waals surface area contributed by atoms with Gasteiger partial charge in [0.05, 0.1) is 25.8 Å². The molecule has 2 aromatic carbocycles. The standard InChI is InChI=1S/C20H21ClN2O5/c1-27-17-9-8-13(10-15(17)21)11-16(20(26)28-2)23-18(24)12-22-19(25)14-6-4-3-5-7-14/h3-10,16H,11-12H2,1-2H3,(H,22,25)(H,23,24)/t16-/m1/s1. The van der Waals surface area contributed by atoms with Gasteiger partial charge < -0.3 is 20.1 Å². The van der Waals surface area contributed by atoms with E-state index in [1.807, 2.05) is 0 Å². The monoisotopic (exact) mass is 404 g/mol. The predicted molar refractivity (Wildman–Crippen MR) is 104 cm³/mol. The Labute approximate surface area is 168 Å². The molecule has 2 N–H and O–H groups in total. The maximum Gasteiger partial charge on any atom is 0.328 e. The van der Waals surface area contributed by atoms with Gasteiger partial charge in [0.15, 0.2) is 0 Å². The van der Waals surface area contributed by atoms with Crippen LogP contribution in [0.5, 0.6) is 5.75 Å². The fourth-order valence-corrected chi connectivity index (χ4v) is 2.79. The van der Waals surface area contributed by atoms with E-state index in [4.69, 9.17) is 21.1 Å². The summed E-state index contributed by atoms with van der Waals surface area (Å²) in [5, 5.41) is 5.47. The number of benzene rings is 2. The Kier molecular flexibility index (Phi) is 7.83. The third-order valence-corrected chi connectivity index (χ3v) is 4.22. The molecule has 0 saturated carbocycles. The molecule has 0 heterocycles. The third-order valence-electron chi connectivity index (χ3n) is 3.92. The van der Waals surface area contributed by atoms with Crippen LogP contribution in [0.25, 0.3) is 0 Å². The summed E-state index contributed by atoms with van der Waals surface area (Å²) in [5.74, 6) is -0.992. The van der Waals surface area contributed by atoms with Gasteiger partial charge in [-0.25, -0.2) is 4.79 Å². The lowest BCUT2D eigenvalue weighted by molar-refractivity contribution is -0.144. The van der Waals surface area contributed by atoms with Crippen LogP contribution < -0.4 is 15.4 Å². The molecule has 1 atom stereocenters. The van der Waals surface area contributed by atoms with Crippen molar-refractivity contribution in [3.8, 4) is 5.75 Å². The molecule has 0 fully saturated rings. The highest BCUT2D eigenvalue weighted by Gasteiger charge is 2.22. The minimum Gasteiger partial charge on any atom is -0.495 e. The van der Waals surface area contributed by atoms with E-state index in [9.17, 15) is 14.4 Å². The lowest BCUT2D eigenvalue weighted by Gasteiger charge is -2.17. The molecule has 8 heteroatoms. The van der Waals surface area contributed by atoms with Crippen molar-refractivity contribution in [2.24, 2.45) is 0 Å². The van der Waals surface area contributed by atoms with Crippen molar-refractivity contribution in [1.29, 1.82) is 0 Å². The van der Waals surface area contributed by atoms with E-state index in [0.29, 0.717) is 16.3 Å². The summed E-state index contributed by atoms with van der Waals surface area (Å²) < 4.78 is 9.85. The van der Waals surface area contributed by atoms with Gasteiger partial charge in [-0.1, -0.05) is 35.9 Å². The second-order valence-corrected chi connectivity index (χ2v) is 6.27. The van der Waals surface area contributed by atoms with Gasteiger partial charge >= 0.3 is 5.97 Å². The number of nitrogens with one attached hydrogen (secondary N) is 2. The molecule has 0 aromatic heterocycles. The maximum absolute atomic E-state index is 12.2. The topological polar surface area (TPSA) is 93.7 Å². The summed E-state index contributed by atoms with van der Waals surface area (Å²) in [6.45, 7) is -0.273. The van der Waals surface area contributed by atoms with Gasteiger partial charge in [-0.2, -0.15) is 0 Å². The van der Waals surface area contributed by atoms with Crippen molar-refractivity contribution >= 4 is 29.4 Å². The summed E-state index contributed by atoms with van der Waals surface area (Å²) in [6, 6.07) is 12.7. The highest BCUT2D eigenvalue weighted by molar-refractivity contribution is 6.32. The minimum absolute atomic E-state index is 0.175. The zero-order chi connectivity index (χ0) is 20.5. The molecule has 0 radical (unpaired) electrons. The molecule has 0 aliphatic carbocycles. The smallest absolute Gasteiger partial charge is 0.328 e. The highest BCUT2D eigenvalue weighted by Crippen LogP contribution is 2.25. The average molecular weight is 405 g/mol. The van der Waals surface area contributed by atoms with Crippen LogP contribution >= 0.6 is 11.6 Å². The minimum atomic E-state index is -0.921. The van der Waals surface area contributed by atoms with Crippen LogP contribution in [0.1, 0.15) is 15.9 Å². The van der Waals surface area contributed by atoms with Crippen molar-refractivity contribution in [2.75, 3.05) is 20.8 Å². The van der Waals surface area contributed by atoms with Gasteiger partial charge in [0.1, 0.15) is 11.8 Å². The van der Waals surface area contributed by atoms with Crippen molar-refractivity contribution < 1.29 is 23.9 Å². The summed E-state index contributed by atoms with van der Waals surface area (Å²) in [7, 11) is 2.74. The number of amides is 2. The van der Waals surface area contributed by atoms with E-state index >= 15 is 0 Å². The lowest BCUT2D eigenvalue weighted by atomic mass is 10.1. The summed E-state index contributed by atoms with van der Waals surface area (Å²) in [4.78, 5) is 36.2. The van der Waals surface area contributed by atoms with Crippen LogP contribution in [0.4, 0.5) is 0 Å². The normalized spacial score (nSPS) is 11.2. The average Bonchev–Trinajstić information content (AvgIpc) is 2.71. The maximum atomic E-state index is 12.2. The quantitative estimate of drug-likeness (QED) is 0.656. The van der Waals surface area contributed by atoms with Crippen LogP contribution in [0.15, 0.2) is 48.5 Å². The molecule has 0 spiro atoms. The number of ether oxygens (including phenoxy) is 2. The first-order valence-corrected chi connectivity index (χ1v) is 8.85. The van der Waals surface area contributed by atoms with Gasteiger partial charge in [-0.15, -0.1) is 0 Å². The first-order valence-electron chi connectivity index (χ1n) is 8.47. The van der Waals surface area contributed by atoms with Gasteiger partial charge in [0.25, 0.3) is 5.91 Å². The first-order chi connectivity index (χ1) is 13.4. The predicted octanol–water partition coefficient (Wildman–Crippen LogP) is 1.98. The molecule has 148 valence electrons. The first kappa shape index (κ1) is 21.2. The Hall–Kier alpha value is -3.06. The van der Waals surface area contributed by atoms with Gasteiger partial charge in [-0.3, -0.25) is 9.59 Å². The van der Waals surface area contributed by atoms with E-state index in [2.05, 4.69) is 10.6 Å². The van der Waals surface area contributed by atoms with Crippen molar-refractivity contribution in [1.82, 2.24) is 10.6 Å². The van der Waals surface area contributed by atoms with Gasteiger partial charge in [0, 0.05) is 12.0 Å². The molecular weight excluding hydrogens is 384 g/mol. The van der Waals surface area contributed by atoms with E-state index in [0.717, 1.165) is 5.56 Å². The van der Waals surface area contributed by atoms with Crippen LogP contribution in [0.2, 0.25) is 5.02 Å². The van der Waals surface area contributed by atoms with Crippen molar-refractivity contribution in [2.45, 2.75) is 12.5 Å². The molecule has 2 aromatic rings. The Balaban J connectivity index is 1.97. The van der Waals surface area contributed by atoms with Crippen molar-refractivity contribution in [3.63, 3.8) is 0 Å². The number of rotatable bonds is 8. The Morgan fingerprint density at radius 2 is 1.79 bits per heavy atom. The third kappa shape index (κ3) is 5.99. The molecule has 0 unspecified atom stereocenters. The molecule has 0 aliphatic heterocycles. The fraction of sp³-hybridized carbons (Fsp3) is 0.250. The second-order valence-electron chi connectivity index (χ2n) is 5.86. The Morgan fingerprint density at radius 1 is 1.07 bits per heavy atom. The summed E-state index contributed by atoms with van der Waals surface area (Å²) in [6.07, 6.45) is 0.175. The van der Waals surface area contributed by atoms with Crippen LogP contribution in [-0.4, -0.2) is 44.6 Å². The van der Waals surface area contributed by atoms with Crippen LogP contribution in [0.3, 0.4) is 0 Å². The molecule has 2 amide bonds. The molecule has 0 saturated heterocycles. The zero-order valence-corrected chi connectivity index (χ0v) is 16.3. The SMILES string of the molecule is COC(=O)[C@@H](Cc1ccc(OC)c(Cl)c1)NC(=O)CNC(=O)c1ccccc1. The number of methoxy groups -OCH3 is 2. The zero-order valence-electron chi connectivity index (χ0n) is 15.5. The molecular formula is C20H21ClN2O5. The molecule has 28 heavy (non-hydrogen) atoms. The number of carbonyl (C=O) groups excluding carboxylic acids is 3. The van der Waals surface area contributed by atoms with E-state index in [1.165, 1.54) is 14.2 Å². The highest BCUT2D eigenvalue weighted by atomic mass is 35.5. The van der Waals surface area contributed by atoms with E-state index < -0.39 is 17.9 Å². The van der Waals surface area contributed by atoms with Crippen LogP contribution in [0, 0.1) is 0 Å². The fourth-order valence-electron chi connectivity index (χ4n) is 2.51. The second kappa shape index (κ2) is 10.3. The lowest BCUT2D eigenvalue weighted by Crippen LogP contribution is -2.47. The van der Waals surface area contributed by atoms with Crippen molar-refractivity contribution in [3.05, 3.63) is 64.7 Å². The molecule has 2 rings (SSSR count). The Bertz CT molecular complexity index is 842. The number of halogens is 1. The molecule has 0 aliphatic rings. The Morgan fingerprint density at radius 3 is 2.39 bits per heavy atom. The molecule has 7 nitrogen and oxygen atoms in total. The number of hydrogen-bond donors (Lipinski definition) is 2. The summed E-state index contributed by atoms with van der Waals surface area (Å²) in [5.41, 5.74) is 1.16. The van der Waals surface area contributed by atoms with E-state index in [1.54, 1.807) is 48.5 Å². The number of carbonyl (C=O) groups is 3. The number of esters is 1.